The maximum Gasteiger partial charge on any atom is 0.242 e. The van der Waals surface area contributed by atoms with Crippen LogP contribution in [-0.2, 0) is 11.2 Å². The van der Waals surface area contributed by atoms with Gasteiger partial charge in [0.1, 0.15) is 5.92 Å². The van der Waals surface area contributed by atoms with Crippen molar-refractivity contribution >= 4 is 17.2 Å². The van der Waals surface area contributed by atoms with Crippen LogP contribution in [0.1, 0.15) is 40.8 Å². The number of carbonyl (C=O) groups excluding carboxylic acids is 1. The molecule has 2 unspecified atom stereocenters. The van der Waals surface area contributed by atoms with Gasteiger partial charge in [-0.15, -0.1) is 11.3 Å². The number of thiophene rings is 1. The molecule has 21 heavy (non-hydrogen) atoms. The molecule has 0 aliphatic heterocycles. The first-order valence-corrected chi connectivity index (χ1v) is 7.99. The number of hydrogen-bond acceptors (Lipinski definition) is 3. The van der Waals surface area contributed by atoms with Crippen LogP contribution in [0.15, 0.2) is 41.8 Å². The van der Waals surface area contributed by atoms with E-state index in [1.54, 1.807) is 11.3 Å². The maximum absolute atomic E-state index is 12.4. The lowest BCUT2D eigenvalue weighted by Gasteiger charge is -2.24. The fraction of sp³-hybridized carbons (Fsp3) is 0.294. The molecule has 0 spiro atoms. The van der Waals surface area contributed by atoms with Crippen LogP contribution in [0.3, 0.4) is 0 Å². The summed E-state index contributed by atoms with van der Waals surface area (Å²) >= 11 is 1.75. The first kappa shape index (κ1) is 13.8. The first-order chi connectivity index (χ1) is 10.3. The number of benzene rings is 1. The molecule has 3 rings (SSSR count). The molecule has 0 saturated heterocycles. The largest absolute Gasteiger partial charge is 0.348 e. The van der Waals surface area contributed by atoms with E-state index in [4.69, 9.17) is 0 Å². The lowest BCUT2D eigenvalue weighted by molar-refractivity contribution is -0.122. The van der Waals surface area contributed by atoms with E-state index in [1.807, 2.05) is 30.3 Å². The normalized spacial score (nSPS) is 18.3. The summed E-state index contributed by atoms with van der Waals surface area (Å²) in [6, 6.07) is 13.5. The molecule has 3 nitrogen and oxygen atoms in total. The number of nitrogens with one attached hydrogen (secondary N) is 1. The summed E-state index contributed by atoms with van der Waals surface area (Å²) in [5, 5.41) is 14.5. The summed E-state index contributed by atoms with van der Waals surface area (Å²) in [6.45, 7) is 0. The molecule has 1 heterocycles. The highest BCUT2D eigenvalue weighted by molar-refractivity contribution is 7.10. The summed E-state index contributed by atoms with van der Waals surface area (Å²) in [5.41, 5.74) is 1.98. The third kappa shape index (κ3) is 2.84. The molecule has 1 aliphatic carbocycles. The zero-order valence-electron chi connectivity index (χ0n) is 11.6. The van der Waals surface area contributed by atoms with Gasteiger partial charge < -0.3 is 5.32 Å². The predicted molar refractivity (Wildman–Crippen MR) is 82.9 cm³/mol. The second kappa shape index (κ2) is 6.11. The van der Waals surface area contributed by atoms with Gasteiger partial charge >= 0.3 is 0 Å². The van der Waals surface area contributed by atoms with Crippen molar-refractivity contribution in [3.05, 3.63) is 57.8 Å². The molecule has 1 amide bonds. The molecule has 2 aromatic rings. The maximum atomic E-state index is 12.4. The zero-order chi connectivity index (χ0) is 14.7. The van der Waals surface area contributed by atoms with Gasteiger partial charge in [-0.2, -0.15) is 5.26 Å². The predicted octanol–water partition coefficient (Wildman–Crippen LogP) is 3.55. The average Bonchev–Trinajstić information content (AvgIpc) is 2.99. The second-order valence-corrected chi connectivity index (χ2v) is 6.23. The van der Waals surface area contributed by atoms with Gasteiger partial charge in [0.25, 0.3) is 0 Å². The molecule has 1 N–H and O–H groups in total. The Balaban J connectivity index is 1.77. The van der Waals surface area contributed by atoms with E-state index in [9.17, 15) is 10.1 Å². The van der Waals surface area contributed by atoms with Crippen molar-refractivity contribution in [1.82, 2.24) is 5.32 Å². The van der Waals surface area contributed by atoms with Gasteiger partial charge in [0.15, 0.2) is 0 Å². The number of rotatable bonds is 3. The third-order valence-corrected chi connectivity index (χ3v) is 4.89. The Morgan fingerprint density at radius 1 is 1.33 bits per heavy atom. The topological polar surface area (TPSA) is 52.9 Å². The minimum Gasteiger partial charge on any atom is -0.348 e. The average molecular weight is 296 g/mol. The first-order valence-electron chi connectivity index (χ1n) is 7.11. The molecular formula is C17H16N2OS. The smallest absolute Gasteiger partial charge is 0.242 e. The van der Waals surface area contributed by atoms with Gasteiger partial charge in [-0.1, -0.05) is 30.3 Å². The fourth-order valence-corrected chi connectivity index (χ4v) is 3.81. The van der Waals surface area contributed by atoms with Crippen molar-refractivity contribution < 1.29 is 4.79 Å². The highest BCUT2D eigenvalue weighted by Gasteiger charge is 2.26. The van der Waals surface area contributed by atoms with Crippen molar-refractivity contribution in [3.63, 3.8) is 0 Å². The Morgan fingerprint density at radius 3 is 2.90 bits per heavy atom. The number of aryl methyl sites for hydroxylation is 1. The Morgan fingerprint density at radius 2 is 2.14 bits per heavy atom. The number of nitriles is 1. The molecule has 0 saturated carbocycles. The van der Waals surface area contributed by atoms with Gasteiger partial charge in [-0.25, -0.2) is 0 Å². The van der Waals surface area contributed by atoms with Gasteiger partial charge in [0.05, 0.1) is 12.1 Å². The Kier molecular flexibility index (Phi) is 4.03. The van der Waals surface area contributed by atoms with E-state index >= 15 is 0 Å². The monoisotopic (exact) mass is 296 g/mol. The van der Waals surface area contributed by atoms with Crippen LogP contribution < -0.4 is 5.32 Å². The van der Waals surface area contributed by atoms with E-state index < -0.39 is 5.92 Å². The zero-order valence-corrected chi connectivity index (χ0v) is 12.4. The lowest BCUT2D eigenvalue weighted by Crippen LogP contribution is -2.33. The van der Waals surface area contributed by atoms with Crippen molar-refractivity contribution in [2.24, 2.45) is 0 Å². The highest BCUT2D eigenvalue weighted by atomic mass is 32.1. The molecule has 1 aromatic carbocycles. The summed E-state index contributed by atoms with van der Waals surface area (Å²) in [7, 11) is 0. The van der Waals surface area contributed by atoms with Crippen LogP contribution in [-0.4, -0.2) is 5.91 Å². The Bertz CT molecular complexity index is 672. The fourth-order valence-electron chi connectivity index (χ4n) is 2.82. The molecular weight excluding hydrogens is 280 g/mol. The van der Waals surface area contributed by atoms with Crippen molar-refractivity contribution in [1.29, 1.82) is 5.26 Å². The molecule has 4 heteroatoms. The molecule has 0 fully saturated rings. The summed E-state index contributed by atoms with van der Waals surface area (Å²) in [5.74, 6) is -0.942. The van der Waals surface area contributed by atoms with Gasteiger partial charge in [0.2, 0.25) is 5.91 Å². The molecule has 106 valence electrons. The van der Waals surface area contributed by atoms with E-state index in [2.05, 4.69) is 22.8 Å². The van der Waals surface area contributed by atoms with Crippen LogP contribution in [0, 0.1) is 11.3 Å². The molecule has 0 radical (unpaired) electrons. The van der Waals surface area contributed by atoms with E-state index in [-0.39, 0.29) is 11.9 Å². The number of amides is 1. The Hall–Kier alpha value is -2.12. The van der Waals surface area contributed by atoms with Crippen molar-refractivity contribution in [2.45, 2.75) is 31.2 Å². The quantitative estimate of drug-likeness (QED) is 0.941. The van der Waals surface area contributed by atoms with Crippen LogP contribution in [0.2, 0.25) is 0 Å². The summed E-state index contributed by atoms with van der Waals surface area (Å²) in [6.07, 6.45) is 3.13. The third-order valence-electron chi connectivity index (χ3n) is 3.89. The second-order valence-electron chi connectivity index (χ2n) is 5.23. The molecule has 2 atom stereocenters. The number of nitrogens with zero attached hydrogens (tertiary/aromatic N) is 1. The Labute approximate surface area is 128 Å². The van der Waals surface area contributed by atoms with E-state index in [1.165, 1.54) is 10.4 Å². The number of carbonyl (C=O) groups is 1. The number of hydrogen-bond donors (Lipinski definition) is 1. The highest BCUT2D eigenvalue weighted by Crippen LogP contribution is 2.33. The van der Waals surface area contributed by atoms with Gasteiger partial charge in [0, 0.05) is 4.88 Å². The summed E-state index contributed by atoms with van der Waals surface area (Å²) in [4.78, 5) is 13.8. The van der Waals surface area contributed by atoms with Crippen LogP contribution in [0.4, 0.5) is 0 Å². The van der Waals surface area contributed by atoms with Crippen LogP contribution in [0.5, 0.6) is 0 Å². The van der Waals surface area contributed by atoms with Crippen molar-refractivity contribution in [2.75, 3.05) is 0 Å². The lowest BCUT2D eigenvalue weighted by atomic mass is 9.92. The van der Waals surface area contributed by atoms with Gasteiger partial charge in [-0.05, 0) is 41.8 Å². The van der Waals surface area contributed by atoms with Crippen LogP contribution in [0.25, 0.3) is 0 Å². The van der Waals surface area contributed by atoms with E-state index in [0.717, 1.165) is 24.8 Å². The molecule has 1 aromatic heterocycles. The SMILES string of the molecule is N#CC(C(=O)NC1CCCc2sccc21)c1ccccc1. The van der Waals surface area contributed by atoms with E-state index in [0.29, 0.717) is 0 Å². The summed E-state index contributed by atoms with van der Waals surface area (Å²) < 4.78 is 0. The standard InChI is InChI=1S/C17H16N2OS/c18-11-14(12-5-2-1-3-6-12)17(20)19-15-7-4-8-16-13(15)9-10-21-16/h1-3,5-6,9-10,14-15H,4,7-8H2,(H,19,20). The molecule has 1 aliphatic rings. The van der Waals surface area contributed by atoms with Crippen LogP contribution >= 0.6 is 11.3 Å². The van der Waals surface area contributed by atoms with Crippen molar-refractivity contribution in [3.8, 4) is 6.07 Å². The minimum atomic E-state index is -0.741. The molecule has 0 bridgehead atoms. The van der Waals surface area contributed by atoms with Gasteiger partial charge in [-0.3, -0.25) is 4.79 Å². The minimum absolute atomic E-state index is 0.0482. The number of fused-ring (bicyclic) bond motifs is 1.